The van der Waals surface area contributed by atoms with Gasteiger partial charge in [-0.2, -0.15) is 5.10 Å². The van der Waals surface area contributed by atoms with Crippen molar-refractivity contribution in [2.24, 2.45) is 7.05 Å². The minimum atomic E-state index is 0.700. The van der Waals surface area contributed by atoms with Crippen LogP contribution in [0.5, 0.6) is 0 Å². The van der Waals surface area contributed by atoms with Gasteiger partial charge in [0.2, 0.25) is 0 Å². The Balaban J connectivity index is 1.92. The van der Waals surface area contributed by atoms with E-state index in [4.69, 9.17) is 5.73 Å². The summed E-state index contributed by atoms with van der Waals surface area (Å²) in [5.74, 6) is 0.700. The van der Waals surface area contributed by atoms with Gasteiger partial charge in [-0.1, -0.05) is 24.3 Å². The van der Waals surface area contributed by atoms with Crippen molar-refractivity contribution in [3.8, 4) is 11.3 Å². The number of nitrogens with zero attached hydrogens (tertiary/aromatic N) is 3. The number of hydrogen-bond acceptors (Lipinski definition) is 3. The lowest BCUT2D eigenvalue weighted by Crippen LogP contribution is -2.18. The van der Waals surface area contributed by atoms with Gasteiger partial charge in [0.1, 0.15) is 5.82 Å². The second-order valence-electron chi connectivity index (χ2n) is 5.22. The van der Waals surface area contributed by atoms with Crippen LogP contribution in [0.4, 0.5) is 5.82 Å². The summed E-state index contributed by atoms with van der Waals surface area (Å²) in [6, 6.07) is 10.4. The highest BCUT2D eigenvalue weighted by molar-refractivity contribution is 5.66. The third-order valence-electron chi connectivity index (χ3n) is 3.80. The standard InChI is InChI=1S/C15H20N4/c1-18-15(16)10-14(17-18)13-7-3-2-6-12(13)11-19-8-4-5-9-19/h2-3,6-7,10H,4-5,8-9,11,16H2,1H3. The van der Waals surface area contributed by atoms with Gasteiger partial charge in [-0.15, -0.1) is 0 Å². The SMILES string of the molecule is Cn1nc(-c2ccccc2CN2CCCC2)cc1N. The lowest BCUT2D eigenvalue weighted by atomic mass is 10.0. The van der Waals surface area contributed by atoms with Gasteiger partial charge >= 0.3 is 0 Å². The van der Waals surface area contributed by atoms with Crippen LogP contribution in [0.3, 0.4) is 0 Å². The first-order valence-electron chi connectivity index (χ1n) is 6.84. The first-order chi connectivity index (χ1) is 9.24. The van der Waals surface area contributed by atoms with Crippen LogP contribution in [0.1, 0.15) is 18.4 Å². The molecule has 0 amide bonds. The summed E-state index contributed by atoms with van der Waals surface area (Å²) in [5, 5.41) is 4.49. The smallest absolute Gasteiger partial charge is 0.121 e. The zero-order valence-corrected chi connectivity index (χ0v) is 11.3. The fraction of sp³-hybridized carbons (Fsp3) is 0.400. The predicted molar refractivity (Wildman–Crippen MR) is 77.6 cm³/mol. The normalized spacial score (nSPS) is 16.1. The van der Waals surface area contributed by atoms with Crippen molar-refractivity contribution in [3.05, 3.63) is 35.9 Å². The number of anilines is 1. The number of aromatic nitrogens is 2. The van der Waals surface area contributed by atoms with E-state index in [9.17, 15) is 0 Å². The van der Waals surface area contributed by atoms with Crippen LogP contribution < -0.4 is 5.73 Å². The highest BCUT2D eigenvalue weighted by Crippen LogP contribution is 2.26. The largest absolute Gasteiger partial charge is 0.384 e. The molecule has 1 saturated heterocycles. The number of benzene rings is 1. The number of aryl methyl sites for hydroxylation is 1. The Morgan fingerprint density at radius 1 is 1.21 bits per heavy atom. The molecule has 4 heteroatoms. The Morgan fingerprint density at radius 3 is 2.63 bits per heavy atom. The van der Waals surface area contributed by atoms with E-state index in [-0.39, 0.29) is 0 Å². The Labute approximate surface area is 113 Å². The van der Waals surface area contributed by atoms with E-state index in [0.29, 0.717) is 5.82 Å². The Kier molecular flexibility index (Phi) is 3.25. The highest BCUT2D eigenvalue weighted by Gasteiger charge is 2.15. The highest BCUT2D eigenvalue weighted by atomic mass is 15.3. The maximum atomic E-state index is 5.88. The molecule has 1 aliphatic rings. The first kappa shape index (κ1) is 12.2. The molecule has 1 aromatic heterocycles. The van der Waals surface area contributed by atoms with E-state index in [1.165, 1.54) is 37.1 Å². The second kappa shape index (κ2) is 5.05. The van der Waals surface area contributed by atoms with Gasteiger partial charge in [-0.25, -0.2) is 0 Å². The van der Waals surface area contributed by atoms with Crippen LogP contribution in [-0.4, -0.2) is 27.8 Å². The van der Waals surface area contributed by atoms with E-state index in [2.05, 4.69) is 34.3 Å². The molecule has 1 aliphatic heterocycles. The number of rotatable bonds is 3. The zero-order valence-electron chi connectivity index (χ0n) is 11.3. The van der Waals surface area contributed by atoms with Crippen molar-refractivity contribution >= 4 is 5.82 Å². The van der Waals surface area contributed by atoms with Crippen LogP contribution in [-0.2, 0) is 13.6 Å². The molecular formula is C15H20N4. The number of nitrogen functional groups attached to an aromatic ring is 1. The fourth-order valence-electron chi connectivity index (χ4n) is 2.70. The molecule has 19 heavy (non-hydrogen) atoms. The summed E-state index contributed by atoms with van der Waals surface area (Å²) in [4.78, 5) is 2.51. The predicted octanol–water partition coefficient (Wildman–Crippen LogP) is 2.27. The molecule has 0 spiro atoms. The molecular weight excluding hydrogens is 236 g/mol. The first-order valence-corrected chi connectivity index (χ1v) is 6.84. The molecule has 2 heterocycles. The maximum absolute atomic E-state index is 5.88. The summed E-state index contributed by atoms with van der Waals surface area (Å²) < 4.78 is 1.72. The van der Waals surface area contributed by atoms with Gasteiger partial charge in [-0.05, 0) is 31.5 Å². The lowest BCUT2D eigenvalue weighted by Gasteiger charge is -2.16. The molecule has 0 bridgehead atoms. The van der Waals surface area contributed by atoms with Crippen molar-refractivity contribution in [1.29, 1.82) is 0 Å². The summed E-state index contributed by atoms with van der Waals surface area (Å²) in [6.07, 6.45) is 2.64. The van der Waals surface area contributed by atoms with Crippen molar-refractivity contribution in [1.82, 2.24) is 14.7 Å². The van der Waals surface area contributed by atoms with Gasteiger partial charge in [0.15, 0.2) is 0 Å². The number of nitrogens with two attached hydrogens (primary N) is 1. The quantitative estimate of drug-likeness (QED) is 0.916. The third-order valence-corrected chi connectivity index (χ3v) is 3.80. The molecule has 1 fully saturated rings. The summed E-state index contributed by atoms with van der Waals surface area (Å²) >= 11 is 0. The molecule has 0 aliphatic carbocycles. The number of likely N-dealkylation sites (tertiary alicyclic amines) is 1. The van der Waals surface area contributed by atoms with Crippen LogP contribution in [0.25, 0.3) is 11.3 Å². The van der Waals surface area contributed by atoms with Crippen molar-refractivity contribution in [2.45, 2.75) is 19.4 Å². The third kappa shape index (κ3) is 2.49. The van der Waals surface area contributed by atoms with E-state index in [1.807, 2.05) is 13.1 Å². The van der Waals surface area contributed by atoms with Crippen LogP contribution >= 0.6 is 0 Å². The molecule has 1 aromatic carbocycles. The lowest BCUT2D eigenvalue weighted by molar-refractivity contribution is 0.332. The van der Waals surface area contributed by atoms with Crippen LogP contribution in [0, 0.1) is 0 Å². The average Bonchev–Trinajstić information content (AvgIpc) is 3.01. The fourth-order valence-corrected chi connectivity index (χ4v) is 2.70. The zero-order chi connectivity index (χ0) is 13.2. The Bertz CT molecular complexity index is 548. The van der Waals surface area contributed by atoms with Gasteiger partial charge in [-0.3, -0.25) is 9.58 Å². The summed E-state index contributed by atoms with van der Waals surface area (Å²) in [5.41, 5.74) is 9.38. The van der Waals surface area contributed by atoms with Gasteiger partial charge < -0.3 is 5.73 Å². The molecule has 0 saturated carbocycles. The summed E-state index contributed by atoms with van der Waals surface area (Å²) in [7, 11) is 1.88. The molecule has 3 rings (SSSR count). The van der Waals surface area contributed by atoms with Gasteiger partial charge in [0.25, 0.3) is 0 Å². The molecule has 100 valence electrons. The molecule has 4 nitrogen and oxygen atoms in total. The summed E-state index contributed by atoms with van der Waals surface area (Å²) in [6.45, 7) is 3.42. The molecule has 0 radical (unpaired) electrons. The maximum Gasteiger partial charge on any atom is 0.121 e. The number of hydrogen-bond donors (Lipinski definition) is 1. The minimum absolute atomic E-state index is 0.700. The average molecular weight is 256 g/mol. The Morgan fingerprint density at radius 2 is 1.95 bits per heavy atom. The Hall–Kier alpha value is -1.81. The minimum Gasteiger partial charge on any atom is -0.384 e. The van der Waals surface area contributed by atoms with Crippen LogP contribution in [0.15, 0.2) is 30.3 Å². The van der Waals surface area contributed by atoms with Crippen LogP contribution in [0.2, 0.25) is 0 Å². The topological polar surface area (TPSA) is 47.1 Å². The van der Waals surface area contributed by atoms with Crippen molar-refractivity contribution < 1.29 is 0 Å². The molecule has 2 aromatic rings. The van der Waals surface area contributed by atoms with E-state index >= 15 is 0 Å². The monoisotopic (exact) mass is 256 g/mol. The second-order valence-corrected chi connectivity index (χ2v) is 5.22. The van der Waals surface area contributed by atoms with Gasteiger partial charge in [0, 0.05) is 25.2 Å². The van der Waals surface area contributed by atoms with Gasteiger partial charge in [0.05, 0.1) is 5.69 Å². The molecule has 0 unspecified atom stereocenters. The molecule has 0 atom stereocenters. The molecule has 2 N–H and O–H groups in total. The van der Waals surface area contributed by atoms with E-state index < -0.39 is 0 Å². The van der Waals surface area contributed by atoms with E-state index in [1.54, 1.807) is 4.68 Å². The van der Waals surface area contributed by atoms with Crippen molar-refractivity contribution in [3.63, 3.8) is 0 Å². The van der Waals surface area contributed by atoms with E-state index in [0.717, 1.165) is 12.2 Å². The van der Waals surface area contributed by atoms with Crippen molar-refractivity contribution in [2.75, 3.05) is 18.8 Å².